The number of carbonyl (C=O) groups excluding carboxylic acids is 4. The standard InChI is InChI=1S/C38H36O10/c39-35(7-3-1-5-33-23-43-33)45-29-15-11-26(12-16-29)37(41)47-31-19-9-25-10-20-32(22-28(25)21-31)48-38(42)27-13-17-30(18-14-27)46-36(40)8-4-2-6-34-24-44-34/h9-22,33-34H,1-8,23-24H2. The molecule has 0 saturated carbocycles. The van der Waals surface area contributed by atoms with Crippen LogP contribution in [0.25, 0.3) is 10.8 Å². The number of benzene rings is 4. The van der Waals surface area contributed by atoms with E-state index in [1.165, 1.54) is 24.3 Å². The first-order chi connectivity index (χ1) is 23.4. The fourth-order valence-electron chi connectivity index (χ4n) is 5.10. The molecule has 10 heteroatoms. The molecule has 0 amide bonds. The second-order valence-electron chi connectivity index (χ2n) is 11.8. The molecule has 2 aliphatic heterocycles. The third-order valence-corrected chi connectivity index (χ3v) is 7.97. The third kappa shape index (κ3) is 9.97. The highest BCUT2D eigenvalue weighted by Crippen LogP contribution is 2.27. The van der Waals surface area contributed by atoms with Crippen LogP contribution in [0.1, 0.15) is 72.1 Å². The molecule has 0 aromatic heterocycles. The number of rotatable bonds is 16. The Morgan fingerprint density at radius 3 is 1.29 bits per heavy atom. The van der Waals surface area contributed by atoms with E-state index >= 15 is 0 Å². The molecule has 2 fully saturated rings. The van der Waals surface area contributed by atoms with Crippen LogP contribution in [-0.4, -0.2) is 49.3 Å². The molecule has 2 unspecified atom stereocenters. The molecule has 0 N–H and O–H groups in total. The van der Waals surface area contributed by atoms with E-state index in [1.807, 2.05) is 0 Å². The number of hydrogen-bond donors (Lipinski definition) is 0. The van der Waals surface area contributed by atoms with Crippen LogP contribution in [0.4, 0.5) is 0 Å². The van der Waals surface area contributed by atoms with Gasteiger partial charge in [-0.15, -0.1) is 0 Å². The molecular formula is C38H36O10. The molecule has 10 nitrogen and oxygen atoms in total. The van der Waals surface area contributed by atoms with Gasteiger partial charge >= 0.3 is 23.9 Å². The Bertz CT molecular complexity index is 1630. The van der Waals surface area contributed by atoms with Crippen LogP contribution < -0.4 is 18.9 Å². The summed E-state index contributed by atoms with van der Waals surface area (Å²) in [5.74, 6) is -0.452. The van der Waals surface area contributed by atoms with Crippen LogP contribution in [0.5, 0.6) is 23.0 Å². The average Bonchev–Trinajstić information content (AvgIpc) is 4.02. The highest BCUT2D eigenvalue weighted by molar-refractivity contribution is 5.94. The zero-order valence-corrected chi connectivity index (χ0v) is 26.4. The molecule has 4 aromatic carbocycles. The predicted molar refractivity (Wildman–Crippen MR) is 174 cm³/mol. The topological polar surface area (TPSA) is 130 Å². The van der Waals surface area contributed by atoms with Gasteiger partial charge in [0.1, 0.15) is 23.0 Å². The highest BCUT2D eigenvalue weighted by atomic mass is 16.6. The number of unbranched alkanes of at least 4 members (excludes halogenated alkanes) is 2. The highest BCUT2D eigenvalue weighted by Gasteiger charge is 2.22. The van der Waals surface area contributed by atoms with Crippen molar-refractivity contribution >= 4 is 34.6 Å². The monoisotopic (exact) mass is 652 g/mol. The van der Waals surface area contributed by atoms with E-state index in [0.717, 1.165) is 57.1 Å². The minimum absolute atomic E-state index is 0.294. The summed E-state index contributed by atoms with van der Waals surface area (Å²) in [6, 6.07) is 22.7. The van der Waals surface area contributed by atoms with Gasteiger partial charge in [0.2, 0.25) is 0 Å². The fraction of sp³-hybridized carbons (Fsp3) is 0.316. The van der Waals surface area contributed by atoms with Crippen LogP contribution in [0.3, 0.4) is 0 Å². The van der Waals surface area contributed by atoms with Crippen molar-refractivity contribution < 1.29 is 47.6 Å². The zero-order valence-electron chi connectivity index (χ0n) is 26.4. The quantitative estimate of drug-likeness (QED) is 0.0539. The Morgan fingerprint density at radius 2 is 0.896 bits per heavy atom. The molecule has 2 saturated heterocycles. The Morgan fingerprint density at radius 1 is 0.500 bits per heavy atom. The van der Waals surface area contributed by atoms with Crippen molar-refractivity contribution in [2.75, 3.05) is 13.2 Å². The SMILES string of the molecule is O=C(CCCCC1CO1)Oc1ccc(C(=O)Oc2ccc3ccc(OC(=O)c4ccc(OC(=O)CCCCC5CO5)cc4)cc3c2)cc1. The fourth-order valence-corrected chi connectivity index (χ4v) is 5.10. The summed E-state index contributed by atoms with van der Waals surface area (Å²) in [7, 11) is 0. The molecule has 48 heavy (non-hydrogen) atoms. The maximum Gasteiger partial charge on any atom is 0.343 e. The Kier molecular flexibility index (Phi) is 10.7. The van der Waals surface area contributed by atoms with Crippen LogP contribution in [0.2, 0.25) is 0 Å². The van der Waals surface area contributed by atoms with Crippen molar-refractivity contribution in [3.8, 4) is 23.0 Å². The normalized spacial score (nSPS) is 16.2. The Balaban J connectivity index is 0.980. The lowest BCUT2D eigenvalue weighted by Gasteiger charge is -2.09. The number of fused-ring (bicyclic) bond motifs is 1. The lowest BCUT2D eigenvalue weighted by Crippen LogP contribution is -2.10. The van der Waals surface area contributed by atoms with Crippen molar-refractivity contribution in [2.45, 2.75) is 63.6 Å². The average molecular weight is 653 g/mol. The molecule has 0 bridgehead atoms. The number of esters is 4. The Labute approximate surface area is 277 Å². The largest absolute Gasteiger partial charge is 0.427 e. The van der Waals surface area contributed by atoms with Gasteiger partial charge in [0.25, 0.3) is 0 Å². The van der Waals surface area contributed by atoms with Gasteiger partial charge in [0.05, 0.1) is 36.5 Å². The molecule has 2 heterocycles. The summed E-state index contributed by atoms with van der Waals surface area (Å²) >= 11 is 0. The van der Waals surface area contributed by atoms with Crippen molar-refractivity contribution in [3.05, 3.63) is 96.1 Å². The minimum atomic E-state index is -0.574. The van der Waals surface area contributed by atoms with Crippen LogP contribution in [0, 0.1) is 0 Å². The van der Waals surface area contributed by atoms with Crippen molar-refractivity contribution in [2.24, 2.45) is 0 Å². The molecule has 0 radical (unpaired) electrons. The smallest absolute Gasteiger partial charge is 0.343 e. The van der Waals surface area contributed by atoms with Gasteiger partial charge < -0.3 is 28.4 Å². The van der Waals surface area contributed by atoms with Gasteiger partial charge in [0, 0.05) is 12.8 Å². The van der Waals surface area contributed by atoms with Crippen LogP contribution in [-0.2, 0) is 19.1 Å². The maximum absolute atomic E-state index is 12.8. The lowest BCUT2D eigenvalue weighted by atomic mass is 10.1. The summed E-state index contributed by atoms with van der Waals surface area (Å²) in [5.41, 5.74) is 0.587. The summed E-state index contributed by atoms with van der Waals surface area (Å²) in [6.07, 6.45) is 6.60. The van der Waals surface area contributed by atoms with Crippen LogP contribution in [0.15, 0.2) is 84.9 Å². The van der Waals surface area contributed by atoms with Gasteiger partial charge in [0.15, 0.2) is 0 Å². The molecule has 2 aliphatic rings. The van der Waals surface area contributed by atoms with Crippen molar-refractivity contribution in [1.29, 1.82) is 0 Å². The predicted octanol–water partition coefficient (Wildman–Crippen LogP) is 7.01. The molecular weight excluding hydrogens is 616 g/mol. The molecule has 0 aliphatic carbocycles. The van der Waals surface area contributed by atoms with Gasteiger partial charge in [-0.1, -0.05) is 25.0 Å². The van der Waals surface area contributed by atoms with E-state index in [0.29, 0.717) is 64.6 Å². The maximum atomic E-state index is 12.8. The summed E-state index contributed by atoms with van der Waals surface area (Å²) in [6.45, 7) is 1.63. The lowest BCUT2D eigenvalue weighted by molar-refractivity contribution is -0.135. The van der Waals surface area contributed by atoms with E-state index in [9.17, 15) is 19.2 Å². The zero-order chi connectivity index (χ0) is 33.3. The molecule has 248 valence electrons. The van der Waals surface area contributed by atoms with E-state index in [1.54, 1.807) is 60.7 Å². The Hall–Kier alpha value is -5.06. The van der Waals surface area contributed by atoms with E-state index in [-0.39, 0.29) is 11.9 Å². The number of carbonyl (C=O) groups is 4. The number of epoxide rings is 2. The number of hydrogen-bond acceptors (Lipinski definition) is 10. The molecule has 4 aromatic rings. The van der Waals surface area contributed by atoms with Gasteiger partial charge in [-0.05, 0) is 109 Å². The second-order valence-corrected chi connectivity index (χ2v) is 11.8. The molecule has 2 atom stereocenters. The van der Waals surface area contributed by atoms with E-state index < -0.39 is 11.9 Å². The van der Waals surface area contributed by atoms with Crippen molar-refractivity contribution in [3.63, 3.8) is 0 Å². The van der Waals surface area contributed by atoms with E-state index in [2.05, 4.69) is 0 Å². The van der Waals surface area contributed by atoms with E-state index in [4.69, 9.17) is 28.4 Å². The van der Waals surface area contributed by atoms with Crippen molar-refractivity contribution in [1.82, 2.24) is 0 Å². The van der Waals surface area contributed by atoms with Crippen LogP contribution >= 0.6 is 0 Å². The summed E-state index contributed by atoms with van der Waals surface area (Å²) < 4.78 is 32.2. The minimum Gasteiger partial charge on any atom is -0.427 e. The third-order valence-electron chi connectivity index (χ3n) is 7.97. The molecule has 6 rings (SSSR count). The van der Waals surface area contributed by atoms with Gasteiger partial charge in [-0.3, -0.25) is 9.59 Å². The first-order valence-corrected chi connectivity index (χ1v) is 16.2. The first kappa shape index (κ1) is 32.9. The number of ether oxygens (including phenoxy) is 6. The molecule has 0 spiro atoms. The van der Waals surface area contributed by atoms with Gasteiger partial charge in [-0.2, -0.15) is 0 Å². The summed E-state index contributed by atoms with van der Waals surface area (Å²) in [5, 5.41) is 1.55. The second kappa shape index (κ2) is 15.7. The summed E-state index contributed by atoms with van der Waals surface area (Å²) in [4.78, 5) is 49.8. The van der Waals surface area contributed by atoms with Gasteiger partial charge in [-0.25, -0.2) is 9.59 Å². The first-order valence-electron chi connectivity index (χ1n) is 16.2.